The summed E-state index contributed by atoms with van der Waals surface area (Å²) in [6.45, 7) is 0. The highest BCUT2D eigenvalue weighted by Gasteiger charge is 2.34. The van der Waals surface area contributed by atoms with Crippen molar-refractivity contribution in [3.05, 3.63) is 33.8 Å². The first-order chi connectivity index (χ1) is 8.14. The fourth-order valence-electron chi connectivity index (χ4n) is 1.26. The predicted octanol–water partition coefficient (Wildman–Crippen LogP) is 1.95. The van der Waals surface area contributed by atoms with Crippen molar-refractivity contribution in [3.8, 4) is 0 Å². The van der Waals surface area contributed by atoms with Crippen LogP contribution in [-0.4, -0.2) is 27.4 Å². The van der Waals surface area contributed by atoms with Gasteiger partial charge in [-0.2, -0.15) is 13.2 Å². The first kappa shape index (κ1) is 14.9. The van der Waals surface area contributed by atoms with Crippen LogP contribution in [0, 0.1) is 0 Å². The Hall–Kier alpha value is -1.12. The van der Waals surface area contributed by atoms with Crippen molar-refractivity contribution in [1.29, 1.82) is 0 Å². The first-order valence-electron chi connectivity index (χ1n) is 4.60. The van der Waals surface area contributed by atoms with Crippen molar-refractivity contribution in [2.75, 3.05) is 0 Å². The summed E-state index contributed by atoms with van der Waals surface area (Å²) in [6.07, 6.45) is -8.77. The van der Waals surface area contributed by atoms with E-state index in [9.17, 15) is 23.1 Å². The van der Waals surface area contributed by atoms with Crippen molar-refractivity contribution >= 4 is 21.9 Å². The van der Waals surface area contributed by atoms with E-state index in [-0.39, 0.29) is 10.0 Å². The second kappa shape index (κ2) is 5.25. The van der Waals surface area contributed by atoms with Gasteiger partial charge in [0, 0.05) is 4.47 Å². The molecule has 0 heterocycles. The molecule has 18 heavy (non-hydrogen) atoms. The molecule has 0 bridgehead atoms. The normalized spacial score (nSPS) is 15.2. The Kier molecular flexibility index (Phi) is 4.36. The van der Waals surface area contributed by atoms with Crippen molar-refractivity contribution in [2.24, 2.45) is 0 Å². The molecule has 1 aromatic carbocycles. The van der Waals surface area contributed by atoms with Crippen molar-refractivity contribution in [1.82, 2.24) is 0 Å². The molecule has 0 aliphatic rings. The summed E-state index contributed by atoms with van der Waals surface area (Å²) in [7, 11) is 0. The van der Waals surface area contributed by atoms with Gasteiger partial charge in [0.25, 0.3) is 0 Å². The van der Waals surface area contributed by atoms with Crippen molar-refractivity contribution in [3.63, 3.8) is 0 Å². The number of alkyl halides is 3. The van der Waals surface area contributed by atoms with Gasteiger partial charge in [0.05, 0.1) is 5.56 Å². The quantitative estimate of drug-likeness (QED) is 0.792. The molecule has 4 nitrogen and oxygen atoms in total. The summed E-state index contributed by atoms with van der Waals surface area (Å²) in [5.41, 5.74) is -1.39. The second-order valence-corrected chi connectivity index (χ2v) is 4.32. The monoisotopic (exact) mass is 328 g/mol. The van der Waals surface area contributed by atoms with Crippen LogP contribution in [0.1, 0.15) is 17.2 Å². The average Bonchev–Trinajstić information content (AvgIpc) is 2.26. The van der Waals surface area contributed by atoms with E-state index in [1.165, 1.54) is 0 Å². The minimum absolute atomic E-state index is 0.240. The molecule has 0 radical (unpaired) electrons. The molecule has 8 heteroatoms. The first-order valence-corrected chi connectivity index (χ1v) is 5.39. The molecular weight excluding hydrogens is 321 g/mol. The number of hydrogen-bond donors (Lipinski definition) is 3. The average molecular weight is 329 g/mol. The predicted molar refractivity (Wildman–Crippen MR) is 57.7 cm³/mol. The number of aliphatic carboxylic acids is 1. The van der Waals surface area contributed by atoms with Crippen LogP contribution in [0.4, 0.5) is 13.2 Å². The number of carboxylic acid groups (broad SMARTS) is 1. The molecule has 3 N–H and O–H groups in total. The Labute approximate surface area is 108 Å². The summed E-state index contributed by atoms with van der Waals surface area (Å²) in [4.78, 5) is 10.4. The van der Waals surface area contributed by atoms with E-state index in [1.54, 1.807) is 0 Å². The molecule has 0 aromatic heterocycles. The Bertz CT molecular complexity index is 461. The Morgan fingerprint density at radius 1 is 1.28 bits per heavy atom. The third-order valence-corrected chi connectivity index (χ3v) is 2.88. The molecule has 1 aromatic rings. The third kappa shape index (κ3) is 3.21. The summed E-state index contributed by atoms with van der Waals surface area (Å²) in [5, 5.41) is 27.0. The summed E-state index contributed by atoms with van der Waals surface area (Å²) in [6, 6.07) is 2.70. The van der Waals surface area contributed by atoms with Gasteiger partial charge in [-0.1, -0.05) is 22.0 Å². The fraction of sp³-hybridized carbons (Fsp3) is 0.300. The highest BCUT2D eigenvalue weighted by Crippen LogP contribution is 2.36. The topological polar surface area (TPSA) is 77.8 Å². The Morgan fingerprint density at radius 2 is 1.83 bits per heavy atom. The van der Waals surface area contributed by atoms with E-state index in [2.05, 4.69) is 15.9 Å². The molecule has 2 atom stereocenters. The van der Waals surface area contributed by atoms with Crippen LogP contribution in [0.25, 0.3) is 0 Å². The Balaban J connectivity index is 3.17. The van der Waals surface area contributed by atoms with E-state index in [4.69, 9.17) is 10.2 Å². The molecule has 0 aliphatic carbocycles. The van der Waals surface area contributed by atoms with Gasteiger partial charge in [0.2, 0.25) is 0 Å². The van der Waals surface area contributed by atoms with Crippen LogP contribution in [-0.2, 0) is 11.0 Å². The highest BCUT2D eigenvalue weighted by atomic mass is 79.9. The maximum Gasteiger partial charge on any atom is 0.417 e. The van der Waals surface area contributed by atoms with Crippen molar-refractivity contribution in [2.45, 2.75) is 18.4 Å². The van der Waals surface area contributed by atoms with Crippen LogP contribution in [0.15, 0.2) is 22.7 Å². The Morgan fingerprint density at radius 3 is 2.28 bits per heavy atom. The maximum atomic E-state index is 12.6. The molecule has 100 valence electrons. The molecule has 2 unspecified atom stereocenters. The molecule has 0 amide bonds. The zero-order valence-corrected chi connectivity index (χ0v) is 10.2. The van der Waals surface area contributed by atoms with Gasteiger partial charge in [-0.05, 0) is 17.7 Å². The number of benzene rings is 1. The van der Waals surface area contributed by atoms with Gasteiger partial charge < -0.3 is 15.3 Å². The van der Waals surface area contributed by atoms with Gasteiger partial charge in [-0.25, -0.2) is 4.79 Å². The lowest BCUT2D eigenvalue weighted by atomic mass is 10.0. The molecule has 0 aliphatic heterocycles. The van der Waals surface area contributed by atoms with Crippen LogP contribution in [0.2, 0.25) is 0 Å². The molecule has 0 fully saturated rings. The molecule has 0 spiro atoms. The number of carboxylic acids is 1. The smallest absolute Gasteiger partial charge is 0.417 e. The van der Waals surface area contributed by atoms with Gasteiger partial charge in [0.1, 0.15) is 6.10 Å². The number of halogens is 4. The standard InChI is InChI=1S/C10H8BrF3O4/c11-6-2-1-4(3-5(6)10(12,13)14)7(15)8(16)9(17)18/h1-3,7-8,15-16H,(H,17,18). The van der Waals surface area contributed by atoms with Crippen molar-refractivity contribution < 1.29 is 33.3 Å². The molecule has 1 rings (SSSR count). The van der Waals surface area contributed by atoms with E-state index >= 15 is 0 Å². The number of aliphatic hydroxyl groups is 2. The minimum Gasteiger partial charge on any atom is -0.479 e. The van der Waals surface area contributed by atoms with Gasteiger partial charge in [0.15, 0.2) is 6.10 Å². The SMILES string of the molecule is O=C(O)C(O)C(O)c1ccc(Br)c(C(F)(F)F)c1. The summed E-state index contributed by atoms with van der Waals surface area (Å²) < 4.78 is 37.4. The second-order valence-electron chi connectivity index (χ2n) is 3.46. The highest BCUT2D eigenvalue weighted by molar-refractivity contribution is 9.10. The van der Waals surface area contributed by atoms with E-state index < -0.39 is 29.9 Å². The van der Waals surface area contributed by atoms with E-state index in [1.807, 2.05) is 0 Å². The van der Waals surface area contributed by atoms with E-state index in [0.717, 1.165) is 12.1 Å². The zero-order valence-electron chi connectivity index (χ0n) is 8.65. The largest absolute Gasteiger partial charge is 0.479 e. The van der Waals surface area contributed by atoms with Gasteiger partial charge in [-0.3, -0.25) is 0 Å². The lowest BCUT2D eigenvalue weighted by Crippen LogP contribution is -2.27. The van der Waals surface area contributed by atoms with Crippen LogP contribution in [0.3, 0.4) is 0 Å². The number of aliphatic hydroxyl groups excluding tert-OH is 2. The zero-order chi connectivity index (χ0) is 14.1. The number of carbonyl (C=O) groups is 1. The fourth-order valence-corrected chi connectivity index (χ4v) is 1.73. The van der Waals surface area contributed by atoms with Crippen LogP contribution >= 0.6 is 15.9 Å². The lowest BCUT2D eigenvalue weighted by molar-refractivity contribution is -0.153. The summed E-state index contributed by atoms with van der Waals surface area (Å²) in [5.74, 6) is -1.72. The molecule has 0 saturated heterocycles. The summed E-state index contributed by atoms with van der Waals surface area (Å²) >= 11 is 2.70. The molecular formula is C10H8BrF3O4. The van der Waals surface area contributed by atoms with Crippen LogP contribution < -0.4 is 0 Å². The van der Waals surface area contributed by atoms with Crippen LogP contribution in [0.5, 0.6) is 0 Å². The maximum absolute atomic E-state index is 12.6. The minimum atomic E-state index is -4.65. The molecule has 0 saturated carbocycles. The van der Waals surface area contributed by atoms with E-state index in [0.29, 0.717) is 6.07 Å². The van der Waals surface area contributed by atoms with Gasteiger partial charge in [-0.15, -0.1) is 0 Å². The van der Waals surface area contributed by atoms with Gasteiger partial charge >= 0.3 is 12.1 Å². The lowest BCUT2D eigenvalue weighted by Gasteiger charge is -2.17. The number of hydrogen-bond acceptors (Lipinski definition) is 3. The third-order valence-electron chi connectivity index (χ3n) is 2.19. The number of rotatable bonds is 3.